The van der Waals surface area contributed by atoms with Crippen molar-refractivity contribution in [2.45, 2.75) is 13.3 Å². The van der Waals surface area contributed by atoms with Crippen LogP contribution in [0.15, 0.2) is 60.7 Å². The van der Waals surface area contributed by atoms with Crippen molar-refractivity contribution in [3.05, 3.63) is 77.4 Å². The first-order valence-corrected chi connectivity index (χ1v) is 7.54. The van der Waals surface area contributed by atoms with Gasteiger partial charge in [-0.1, -0.05) is 31.2 Å². The number of amides is 1. The number of anilines is 1. The topological polar surface area (TPSA) is 52.9 Å². The van der Waals surface area contributed by atoms with E-state index in [0.717, 1.165) is 22.9 Å². The molecule has 3 rings (SSSR count). The molecule has 1 amide bonds. The van der Waals surface area contributed by atoms with Gasteiger partial charge in [-0.05, 0) is 59.2 Å². The summed E-state index contributed by atoms with van der Waals surface area (Å²) in [5.41, 5.74) is 3.24. The molecular formula is C20H16N2O. The average Bonchev–Trinajstić information content (AvgIpc) is 2.61. The van der Waals surface area contributed by atoms with Gasteiger partial charge in [-0.15, -0.1) is 0 Å². The lowest BCUT2D eigenvalue weighted by molar-refractivity contribution is 0.102. The summed E-state index contributed by atoms with van der Waals surface area (Å²) in [7, 11) is 0. The Morgan fingerprint density at radius 2 is 1.70 bits per heavy atom. The third-order valence-corrected chi connectivity index (χ3v) is 3.85. The fourth-order valence-electron chi connectivity index (χ4n) is 2.48. The predicted molar refractivity (Wildman–Crippen MR) is 92.4 cm³/mol. The predicted octanol–water partition coefficient (Wildman–Crippen LogP) is 4.53. The monoisotopic (exact) mass is 300 g/mol. The number of fused-ring (bicyclic) bond motifs is 1. The molecule has 0 atom stereocenters. The van der Waals surface area contributed by atoms with Crippen LogP contribution in [0, 0.1) is 11.3 Å². The van der Waals surface area contributed by atoms with E-state index in [4.69, 9.17) is 5.26 Å². The zero-order chi connectivity index (χ0) is 16.2. The van der Waals surface area contributed by atoms with Gasteiger partial charge in [-0.2, -0.15) is 5.26 Å². The van der Waals surface area contributed by atoms with Crippen molar-refractivity contribution in [2.24, 2.45) is 0 Å². The van der Waals surface area contributed by atoms with Crippen LogP contribution < -0.4 is 5.32 Å². The summed E-state index contributed by atoms with van der Waals surface area (Å²) in [6.45, 7) is 2.10. The number of aryl methyl sites for hydroxylation is 1. The van der Waals surface area contributed by atoms with Gasteiger partial charge in [0.2, 0.25) is 0 Å². The molecule has 23 heavy (non-hydrogen) atoms. The molecule has 0 saturated heterocycles. The van der Waals surface area contributed by atoms with Crippen molar-refractivity contribution >= 4 is 22.4 Å². The molecule has 1 N–H and O–H groups in total. The molecule has 0 bridgehead atoms. The Balaban J connectivity index is 1.84. The highest BCUT2D eigenvalue weighted by Gasteiger charge is 2.07. The zero-order valence-corrected chi connectivity index (χ0v) is 12.8. The molecule has 0 aliphatic heterocycles. The first-order valence-electron chi connectivity index (χ1n) is 7.54. The third-order valence-electron chi connectivity index (χ3n) is 3.85. The first-order chi connectivity index (χ1) is 11.2. The number of hydrogen-bond acceptors (Lipinski definition) is 2. The van der Waals surface area contributed by atoms with Gasteiger partial charge in [-0.25, -0.2) is 0 Å². The van der Waals surface area contributed by atoms with E-state index in [-0.39, 0.29) is 5.91 Å². The summed E-state index contributed by atoms with van der Waals surface area (Å²) < 4.78 is 0. The summed E-state index contributed by atoms with van der Waals surface area (Å²) in [4.78, 5) is 12.4. The molecule has 0 unspecified atom stereocenters. The molecule has 0 fully saturated rings. The van der Waals surface area contributed by atoms with Crippen LogP contribution in [-0.4, -0.2) is 5.91 Å². The van der Waals surface area contributed by atoms with Crippen LogP contribution in [0.1, 0.15) is 28.4 Å². The van der Waals surface area contributed by atoms with Crippen LogP contribution in [0.25, 0.3) is 10.8 Å². The molecule has 0 radical (unpaired) electrons. The van der Waals surface area contributed by atoms with Crippen LogP contribution in [-0.2, 0) is 6.42 Å². The standard InChI is InChI=1S/C20H16N2O/c1-2-14-4-9-19(10-5-14)22-20(23)18-8-7-16-11-15(13-21)3-6-17(16)12-18/h3-12H,2H2,1H3,(H,22,23). The first kappa shape index (κ1) is 14.8. The van der Waals surface area contributed by atoms with Gasteiger partial charge in [-0.3, -0.25) is 4.79 Å². The largest absolute Gasteiger partial charge is 0.322 e. The Labute approximate surface area is 135 Å². The van der Waals surface area contributed by atoms with Gasteiger partial charge in [0.05, 0.1) is 11.6 Å². The van der Waals surface area contributed by atoms with Gasteiger partial charge >= 0.3 is 0 Å². The van der Waals surface area contributed by atoms with E-state index < -0.39 is 0 Å². The molecular weight excluding hydrogens is 284 g/mol. The SMILES string of the molecule is CCc1ccc(NC(=O)c2ccc3cc(C#N)ccc3c2)cc1. The molecule has 0 saturated carbocycles. The lowest BCUT2D eigenvalue weighted by atomic mass is 10.0. The number of carbonyl (C=O) groups excluding carboxylic acids is 1. The van der Waals surface area contributed by atoms with Gasteiger partial charge in [0.25, 0.3) is 5.91 Å². The molecule has 0 aliphatic rings. The van der Waals surface area contributed by atoms with Crippen molar-refractivity contribution in [3.63, 3.8) is 0 Å². The van der Waals surface area contributed by atoms with Crippen LogP contribution in [0.4, 0.5) is 5.69 Å². The molecule has 3 aromatic rings. The lowest BCUT2D eigenvalue weighted by Gasteiger charge is -2.07. The minimum atomic E-state index is -0.138. The number of hydrogen-bond donors (Lipinski definition) is 1. The Morgan fingerprint density at radius 1 is 1.00 bits per heavy atom. The van der Waals surface area contributed by atoms with E-state index in [1.807, 2.05) is 48.5 Å². The maximum atomic E-state index is 12.4. The fraction of sp³-hybridized carbons (Fsp3) is 0.100. The van der Waals surface area contributed by atoms with Gasteiger partial charge in [0.1, 0.15) is 0 Å². The van der Waals surface area contributed by atoms with Crippen LogP contribution in [0.3, 0.4) is 0 Å². The lowest BCUT2D eigenvalue weighted by Crippen LogP contribution is -2.11. The summed E-state index contributed by atoms with van der Waals surface area (Å²) in [6, 6.07) is 20.9. The van der Waals surface area contributed by atoms with Crippen molar-refractivity contribution < 1.29 is 4.79 Å². The maximum absolute atomic E-state index is 12.4. The van der Waals surface area contributed by atoms with Gasteiger partial charge in [0.15, 0.2) is 0 Å². The van der Waals surface area contributed by atoms with E-state index in [2.05, 4.69) is 18.3 Å². The third kappa shape index (κ3) is 3.22. The van der Waals surface area contributed by atoms with E-state index in [1.54, 1.807) is 12.1 Å². The van der Waals surface area contributed by atoms with Crippen molar-refractivity contribution in [3.8, 4) is 6.07 Å². The van der Waals surface area contributed by atoms with E-state index in [9.17, 15) is 4.79 Å². The number of carbonyl (C=O) groups is 1. The molecule has 0 aromatic heterocycles. The zero-order valence-electron chi connectivity index (χ0n) is 12.8. The molecule has 0 aliphatic carbocycles. The summed E-state index contributed by atoms with van der Waals surface area (Å²) in [5, 5.41) is 13.7. The van der Waals surface area contributed by atoms with Crippen LogP contribution in [0.2, 0.25) is 0 Å². The second-order valence-corrected chi connectivity index (χ2v) is 5.39. The highest BCUT2D eigenvalue weighted by Crippen LogP contribution is 2.19. The highest BCUT2D eigenvalue weighted by molar-refractivity contribution is 6.06. The summed E-state index contributed by atoms with van der Waals surface area (Å²) in [6.07, 6.45) is 0.976. The number of nitrogens with zero attached hydrogens (tertiary/aromatic N) is 1. The Bertz CT molecular complexity index is 905. The molecule has 112 valence electrons. The number of nitrogens with one attached hydrogen (secondary N) is 1. The molecule has 3 nitrogen and oxygen atoms in total. The maximum Gasteiger partial charge on any atom is 0.255 e. The van der Waals surface area contributed by atoms with Crippen molar-refractivity contribution in [2.75, 3.05) is 5.32 Å². The smallest absolute Gasteiger partial charge is 0.255 e. The number of benzene rings is 3. The minimum absolute atomic E-state index is 0.138. The quantitative estimate of drug-likeness (QED) is 0.772. The second-order valence-electron chi connectivity index (χ2n) is 5.39. The number of rotatable bonds is 3. The van der Waals surface area contributed by atoms with E-state index in [0.29, 0.717) is 11.1 Å². The Kier molecular flexibility index (Phi) is 4.07. The molecule has 3 heteroatoms. The number of nitriles is 1. The van der Waals surface area contributed by atoms with Crippen molar-refractivity contribution in [1.82, 2.24) is 0 Å². The molecule has 0 heterocycles. The molecule has 3 aromatic carbocycles. The average molecular weight is 300 g/mol. The highest BCUT2D eigenvalue weighted by atomic mass is 16.1. The Morgan fingerprint density at radius 3 is 2.39 bits per heavy atom. The van der Waals surface area contributed by atoms with Gasteiger partial charge in [0, 0.05) is 11.3 Å². The summed E-state index contributed by atoms with van der Waals surface area (Å²) in [5.74, 6) is -0.138. The second kappa shape index (κ2) is 6.33. The fourth-order valence-corrected chi connectivity index (χ4v) is 2.48. The van der Waals surface area contributed by atoms with E-state index >= 15 is 0 Å². The van der Waals surface area contributed by atoms with Crippen LogP contribution in [0.5, 0.6) is 0 Å². The molecule has 0 spiro atoms. The van der Waals surface area contributed by atoms with E-state index in [1.165, 1.54) is 5.56 Å². The van der Waals surface area contributed by atoms with Crippen LogP contribution >= 0.6 is 0 Å². The summed E-state index contributed by atoms with van der Waals surface area (Å²) >= 11 is 0. The normalized spacial score (nSPS) is 10.3. The van der Waals surface area contributed by atoms with Crippen molar-refractivity contribution in [1.29, 1.82) is 5.26 Å². The minimum Gasteiger partial charge on any atom is -0.322 e. The van der Waals surface area contributed by atoms with Gasteiger partial charge < -0.3 is 5.32 Å². The Hall–Kier alpha value is -3.12.